The summed E-state index contributed by atoms with van der Waals surface area (Å²) in [6.07, 6.45) is 2.12. The molecule has 0 bridgehead atoms. The molecule has 2 aromatic carbocycles. The highest BCUT2D eigenvalue weighted by atomic mass is 16.4. The fourth-order valence-electron chi connectivity index (χ4n) is 2.88. The molecule has 4 nitrogen and oxygen atoms in total. The van der Waals surface area contributed by atoms with E-state index >= 15 is 0 Å². The SMILES string of the molecule is CN(C)CCCc1ccccc1Cn1c(=O)oc2ccccc21. The van der Waals surface area contributed by atoms with Gasteiger partial charge in [-0.1, -0.05) is 36.4 Å². The molecular formula is C19H22N2O2. The normalized spacial score (nSPS) is 11.4. The molecule has 4 heteroatoms. The third kappa shape index (κ3) is 3.54. The summed E-state index contributed by atoms with van der Waals surface area (Å²) >= 11 is 0. The third-order valence-corrected chi connectivity index (χ3v) is 4.07. The minimum absolute atomic E-state index is 0.297. The van der Waals surface area contributed by atoms with Crippen LogP contribution >= 0.6 is 0 Å². The average Bonchev–Trinajstić information content (AvgIpc) is 2.85. The lowest BCUT2D eigenvalue weighted by atomic mass is 10.0. The van der Waals surface area contributed by atoms with Gasteiger partial charge in [-0.2, -0.15) is 0 Å². The molecule has 0 N–H and O–H groups in total. The van der Waals surface area contributed by atoms with Crippen LogP contribution in [0.1, 0.15) is 17.5 Å². The van der Waals surface area contributed by atoms with Gasteiger partial charge in [0, 0.05) is 0 Å². The van der Waals surface area contributed by atoms with E-state index in [4.69, 9.17) is 4.42 Å². The van der Waals surface area contributed by atoms with Gasteiger partial charge in [-0.3, -0.25) is 4.57 Å². The molecule has 120 valence electrons. The van der Waals surface area contributed by atoms with Crippen LogP contribution in [0.2, 0.25) is 0 Å². The Balaban J connectivity index is 1.87. The van der Waals surface area contributed by atoms with Crippen LogP contribution in [0.4, 0.5) is 0 Å². The van der Waals surface area contributed by atoms with E-state index in [2.05, 4.69) is 37.2 Å². The highest BCUT2D eigenvalue weighted by Crippen LogP contribution is 2.17. The number of aromatic nitrogens is 1. The molecule has 3 aromatic rings. The number of oxazole rings is 1. The molecular weight excluding hydrogens is 288 g/mol. The van der Waals surface area contributed by atoms with Crippen LogP contribution in [0, 0.1) is 0 Å². The molecule has 0 aliphatic rings. The summed E-state index contributed by atoms with van der Waals surface area (Å²) in [5, 5.41) is 0. The van der Waals surface area contributed by atoms with E-state index in [1.54, 1.807) is 4.57 Å². The largest absolute Gasteiger partial charge is 0.420 e. The lowest BCUT2D eigenvalue weighted by Gasteiger charge is -2.12. The number of para-hydroxylation sites is 2. The van der Waals surface area contributed by atoms with Crippen molar-refractivity contribution < 1.29 is 4.42 Å². The van der Waals surface area contributed by atoms with E-state index in [9.17, 15) is 4.79 Å². The zero-order chi connectivity index (χ0) is 16.2. The molecule has 0 aliphatic carbocycles. The molecule has 0 atom stereocenters. The van der Waals surface area contributed by atoms with Crippen molar-refractivity contribution in [3.05, 3.63) is 70.2 Å². The minimum Gasteiger partial charge on any atom is -0.408 e. The predicted octanol–water partition coefficient (Wildman–Crippen LogP) is 3.14. The van der Waals surface area contributed by atoms with Gasteiger partial charge in [0.2, 0.25) is 0 Å². The second-order valence-corrected chi connectivity index (χ2v) is 6.10. The molecule has 0 amide bonds. The van der Waals surface area contributed by atoms with Gasteiger partial charge in [0.25, 0.3) is 0 Å². The van der Waals surface area contributed by atoms with E-state index in [0.717, 1.165) is 24.9 Å². The molecule has 1 aromatic heterocycles. The quantitative estimate of drug-likeness (QED) is 0.702. The molecule has 23 heavy (non-hydrogen) atoms. The predicted molar refractivity (Wildman–Crippen MR) is 92.9 cm³/mol. The highest BCUT2D eigenvalue weighted by Gasteiger charge is 2.11. The van der Waals surface area contributed by atoms with Gasteiger partial charge in [0.1, 0.15) is 0 Å². The molecule has 3 rings (SSSR count). The first-order valence-corrected chi connectivity index (χ1v) is 7.95. The Labute approximate surface area is 136 Å². The Morgan fingerprint density at radius 2 is 1.70 bits per heavy atom. The number of rotatable bonds is 6. The Morgan fingerprint density at radius 1 is 1.00 bits per heavy atom. The zero-order valence-electron chi connectivity index (χ0n) is 13.7. The van der Waals surface area contributed by atoms with Crippen LogP contribution in [-0.2, 0) is 13.0 Å². The van der Waals surface area contributed by atoms with Gasteiger partial charge < -0.3 is 9.32 Å². The number of fused-ring (bicyclic) bond motifs is 1. The van der Waals surface area contributed by atoms with Crippen LogP contribution in [0.3, 0.4) is 0 Å². The monoisotopic (exact) mass is 310 g/mol. The minimum atomic E-state index is -0.297. The maximum atomic E-state index is 12.1. The van der Waals surface area contributed by atoms with Crippen LogP contribution in [0.15, 0.2) is 57.7 Å². The molecule has 0 aliphatic heterocycles. The summed E-state index contributed by atoms with van der Waals surface area (Å²) in [7, 11) is 4.17. The second-order valence-electron chi connectivity index (χ2n) is 6.10. The fourth-order valence-corrected chi connectivity index (χ4v) is 2.88. The summed E-state index contributed by atoms with van der Waals surface area (Å²) in [6.45, 7) is 1.61. The molecule has 1 heterocycles. The van der Waals surface area contributed by atoms with E-state index in [-0.39, 0.29) is 5.76 Å². The van der Waals surface area contributed by atoms with Gasteiger partial charge in [-0.15, -0.1) is 0 Å². The van der Waals surface area contributed by atoms with Crippen molar-refractivity contribution in [1.29, 1.82) is 0 Å². The Bertz CT molecular complexity index is 846. The summed E-state index contributed by atoms with van der Waals surface area (Å²) in [5.74, 6) is -0.297. The summed E-state index contributed by atoms with van der Waals surface area (Å²) < 4.78 is 7.03. The molecule has 0 saturated carbocycles. The lowest BCUT2D eigenvalue weighted by Crippen LogP contribution is -2.17. The van der Waals surface area contributed by atoms with Crippen LogP contribution in [0.25, 0.3) is 11.1 Å². The van der Waals surface area contributed by atoms with E-state index < -0.39 is 0 Å². The molecule has 0 unspecified atom stereocenters. The summed E-state index contributed by atoms with van der Waals surface area (Å²) in [6, 6.07) is 15.9. The van der Waals surface area contributed by atoms with Gasteiger partial charge in [0.05, 0.1) is 12.1 Å². The first-order valence-electron chi connectivity index (χ1n) is 7.95. The number of nitrogens with zero attached hydrogens (tertiary/aromatic N) is 2. The number of aryl methyl sites for hydroxylation is 1. The molecule has 0 spiro atoms. The van der Waals surface area contributed by atoms with Crippen LogP contribution < -0.4 is 5.76 Å². The van der Waals surface area contributed by atoms with Crippen molar-refractivity contribution in [1.82, 2.24) is 9.47 Å². The molecule has 0 saturated heterocycles. The zero-order valence-corrected chi connectivity index (χ0v) is 13.7. The van der Waals surface area contributed by atoms with Crippen LogP contribution in [0.5, 0.6) is 0 Å². The fraction of sp³-hybridized carbons (Fsp3) is 0.316. The lowest BCUT2D eigenvalue weighted by molar-refractivity contribution is 0.400. The molecule has 0 fully saturated rings. The number of benzene rings is 2. The standard InChI is InChI=1S/C19H22N2O2/c1-20(2)13-7-10-15-8-3-4-9-16(15)14-21-17-11-5-6-12-18(17)23-19(21)22/h3-6,8-9,11-12H,7,10,13-14H2,1-2H3. The van der Waals surface area contributed by atoms with Crippen LogP contribution in [-0.4, -0.2) is 30.1 Å². The van der Waals surface area contributed by atoms with Crippen molar-refractivity contribution in [2.24, 2.45) is 0 Å². The van der Waals surface area contributed by atoms with E-state index in [0.29, 0.717) is 12.1 Å². The topological polar surface area (TPSA) is 38.4 Å². The second kappa shape index (κ2) is 6.84. The first kappa shape index (κ1) is 15.6. The van der Waals surface area contributed by atoms with Crippen molar-refractivity contribution in [2.45, 2.75) is 19.4 Å². The Hall–Kier alpha value is -2.33. The smallest absolute Gasteiger partial charge is 0.408 e. The number of hydrogen-bond acceptors (Lipinski definition) is 3. The third-order valence-electron chi connectivity index (χ3n) is 4.07. The van der Waals surface area contributed by atoms with Gasteiger partial charge in [-0.25, -0.2) is 4.79 Å². The highest BCUT2D eigenvalue weighted by molar-refractivity contribution is 5.72. The Kier molecular flexibility index (Phi) is 4.63. The van der Waals surface area contributed by atoms with Gasteiger partial charge >= 0.3 is 5.76 Å². The van der Waals surface area contributed by atoms with Crippen molar-refractivity contribution in [3.8, 4) is 0 Å². The summed E-state index contributed by atoms with van der Waals surface area (Å²) in [4.78, 5) is 14.3. The van der Waals surface area contributed by atoms with E-state index in [1.165, 1.54) is 11.1 Å². The number of hydrogen-bond donors (Lipinski definition) is 0. The van der Waals surface area contributed by atoms with Crippen molar-refractivity contribution in [2.75, 3.05) is 20.6 Å². The summed E-state index contributed by atoms with van der Waals surface area (Å²) in [5.41, 5.74) is 3.97. The maximum Gasteiger partial charge on any atom is 0.420 e. The van der Waals surface area contributed by atoms with Gasteiger partial charge in [-0.05, 0) is 56.7 Å². The average molecular weight is 310 g/mol. The first-order chi connectivity index (χ1) is 11.1. The van der Waals surface area contributed by atoms with Crippen molar-refractivity contribution in [3.63, 3.8) is 0 Å². The van der Waals surface area contributed by atoms with Gasteiger partial charge in [0.15, 0.2) is 5.58 Å². The van der Waals surface area contributed by atoms with Crippen molar-refractivity contribution >= 4 is 11.1 Å². The molecule has 0 radical (unpaired) electrons. The Morgan fingerprint density at radius 3 is 2.48 bits per heavy atom. The maximum absolute atomic E-state index is 12.1. The van der Waals surface area contributed by atoms with E-state index in [1.807, 2.05) is 30.3 Å².